The first-order chi connectivity index (χ1) is 10.3. The van der Waals surface area contributed by atoms with Crippen molar-refractivity contribution in [1.82, 2.24) is 5.32 Å². The summed E-state index contributed by atoms with van der Waals surface area (Å²) in [5.41, 5.74) is 5.32. The van der Waals surface area contributed by atoms with Gasteiger partial charge in [0.15, 0.2) is 0 Å². The Labute approximate surface area is 123 Å². The molecule has 1 aliphatic heterocycles. The molecule has 1 amide bonds. The third kappa shape index (κ3) is 2.00. The van der Waals surface area contributed by atoms with Crippen molar-refractivity contribution in [2.45, 2.75) is 12.5 Å². The molecular formula is C19H15NO. The van der Waals surface area contributed by atoms with Gasteiger partial charge in [0.1, 0.15) is 0 Å². The Balaban J connectivity index is 1.81. The first-order valence-electron chi connectivity index (χ1n) is 7.19. The van der Waals surface area contributed by atoms with E-state index >= 15 is 0 Å². The maximum Gasteiger partial charge on any atom is 0.252 e. The van der Waals surface area contributed by atoms with Crippen LogP contribution in [0.5, 0.6) is 0 Å². The Morgan fingerprint density at radius 2 is 1.62 bits per heavy atom. The highest BCUT2D eigenvalue weighted by Gasteiger charge is 2.29. The number of benzene rings is 1. The maximum atomic E-state index is 12.5. The fraction of sp³-hybridized carbons (Fsp3) is 0.105. The molecule has 0 radical (unpaired) electrons. The lowest BCUT2D eigenvalue weighted by Gasteiger charge is -2.24. The van der Waals surface area contributed by atoms with Crippen molar-refractivity contribution in [3.8, 4) is 11.1 Å². The molecule has 2 nitrogen and oxygen atoms in total. The third-order valence-corrected chi connectivity index (χ3v) is 4.15. The van der Waals surface area contributed by atoms with E-state index in [0.29, 0.717) is 0 Å². The summed E-state index contributed by atoms with van der Waals surface area (Å²) in [5, 5.41) is 3.14. The zero-order valence-corrected chi connectivity index (χ0v) is 11.5. The Kier molecular flexibility index (Phi) is 2.74. The number of rotatable bonds is 1. The average molecular weight is 273 g/mol. The molecule has 102 valence electrons. The van der Waals surface area contributed by atoms with Crippen LogP contribution in [0.15, 0.2) is 66.7 Å². The predicted octanol–water partition coefficient (Wildman–Crippen LogP) is 3.82. The van der Waals surface area contributed by atoms with Crippen molar-refractivity contribution in [3.63, 3.8) is 0 Å². The summed E-state index contributed by atoms with van der Waals surface area (Å²) in [4.78, 5) is 12.5. The summed E-state index contributed by atoms with van der Waals surface area (Å²) in [5.74, 6) is 0.0336. The van der Waals surface area contributed by atoms with E-state index in [9.17, 15) is 4.79 Å². The van der Waals surface area contributed by atoms with Crippen molar-refractivity contribution in [2.75, 3.05) is 0 Å². The standard InChI is InChI=1S/C19H15NO/c21-19-18-15(11-14-9-5-2-6-10-16(14)18)12-17(20-19)13-7-3-1-4-8-13/h1-11,17H,12H2,(H,20,21). The second-order valence-corrected chi connectivity index (χ2v) is 5.47. The molecule has 1 N–H and O–H groups in total. The van der Waals surface area contributed by atoms with Crippen LogP contribution in [-0.2, 0) is 6.42 Å². The summed E-state index contributed by atoms with van der Waals surface area (Å²) in [6, 6.07) is 22.5. The first kappa shape index (κ1) is 12.2. The number of carbonyl (C=O) groups is 1. The van der Waals surface area contributed by atoms with Gasteiger partial charge in [-0.25, -0.2) is 0 Å². The second-order valence-electron chi connectivity index (χ2n) is 5.47. The monoisotopic (exact) mass is 273 g/mol. The van der Waals surface area contributed by atoms with Crippen LogP contribution in [0.3, 0.4) is 0 Å². The maximum absolute atomic E-state index is 12.5. The average Bonchev–Trinajstić information content (AvgIpc) is 2.71. The van der Waals surface area contributed by atoms with Crippen LogP contribution in [0.25, 0.3) is 11.1 Å². The van der Waals surface area contributed by atoms with Gasteiger partial charge in [0.25, 0.3) is 5.91 Å². The van der Waals surface area contributed by atoms with E-state index in [-0.39, 0.29) is 11.9 Å². The minimum atomic E-state index is 0.0336. The second kappa shape index (κ2) is 4.74. The largest absolute Gasteiger partial charge is 0.345 e. The van der Waals surface area contributed by atoms with Crippen molar-refractivity contribution >= 4 is 5.91 Å². The Morgan fingerprint density at radius 1 is 0.905 bits per heavy atom. The third-order valence-electron chi connectivity index (χ3n) is 4.15. The molecular weight excluding hydrogens is 258 g/mol. The van der Waals surface area contributed by atoms with Crippen LogP contribution in [0.1, 0.15) is 27.5 Å². The summed E-state index contributed by atoms with van der Waals surface area (Å²) < 4.78 is 0. The van der Waals surface area contributed by atoms with E-state index < -0.39 is 0 Å². The molecule has 1 unspecified atom stereocenters. The topological polar surface area (TPSA) is 29.1 Å². The molecule has 0 saturated heterocycles. The van der Waals surface area contributed by atoms with E-state index in [0.717, 1.165) is 34.2 Å². The van der Waals surface area contributed by atoms with Gasteiger partial charge in [0.2, 0.25) is 0 Å². The number of hydrogen-bond acceptors (Lipinski definition) is 1. The van der Waals surface area contributed by atoms with Crippen molar-refractivity contribution < 1.29 is 4.79 Å². The van der Waals surface area contributed by atoms with E-state index in [1.54, 1.807) is 0 Å². The fourth-order valence-corrected chi connectivity index (χ4v) is 3.16. The van der Waals surface area contributed by atoms with Crippen LogP contribution in [-0.4, -0.2) is 5.91 Å². The lowest BCUT2D eigenvalue weighted by atomic mass is 9.93. The molecule has 0 fully saturated rings. The lowest BCUT2D eigenvalue weighted by molar-refractivity contribution is 0.0926. The highest BCUT2D eigenvalue weighted by Crippen LogP contribution is 2.36. The molecule has 1 atom stereocenters. The van der Waals surface area contributed by atoms with Crippen LogP contribution in [0.2, 0.25) is 0 Å². The first-order valence-corrected chi connectivity index (χ1v) is 7.19. The quantitative estimate of drug-likeness (QED) is 0.717. The zero-order valence-electron chi connectivity index (χ0n) is 11.5. The molecule has 3 aliphatic rings. The minimum Gasteiger partial charge on any atom is -0.345 e. The molecule has 1 heterocycles. The minimum absolute atomic E-state index is 0.0336. The van der Waals surface area contributed by atoms with E-state index in [4.69, 9.17) is 0 Å². The molecule has 0 saturated carbocycles. The summed E-state index contributed by atoms with van der Waals surface area (Å²) >= 11 is 0. The van der Waals surface area contributed by atoms with Gasteiger partial charge >= 0.3 is 0 Å². The lowest BCUT2D eigenvalue weighted by Crippen LogP contribution is -2.34. The fourth-order valence-electron chi connectivity index (χ4n) is 3.16. The van der Waals surface area contributed by atoms with Gasteiger partial charge in [-0.2, -0.15) is 0 Å². The van der Waals surface area contributed by atoms with Crippen molar-refractivity contribution in [1.29, 1.82) is 0 Å². The summed E-state index contributed by atoms with van der Waals surface area (Å²) in [6.45, 7) is 0. The Bertz CT molecular complexity index is 779. The number of hydrogen-bond donors (Lipinski definition) is 1. The SMILES string of the molecule is O=C1NC(c2ccccc2)Cc2cc3cccccc-3c21. The van der Waals surface area contributed by atoms with Gasteiger partial charge in [-0.05, 0) is 28.7 Å². The molecule has 2 aliphatic carbocycles. The zero-order chi connectivity index (χ0) is 14.2. The Hall–Kier alpha value is -2.61. The van der Waals surface area contributed by atoms with Crippen molar-refractivity contribution in [2.24, 2.45) is 0 Å². The molecule has 4 rings (SSSR count). The molecule has 0 bridgehead atoms. The number of amides is 1. The Morgan fingerprint density at radius 3 is 2.43 bits per heavy atom. The predicted molar refractivity (Wildman–Crippen MR) is 83.4 cm³/mol. The van der Waals surface area contributed by atoms with Gasteiger partial charge in [0.05, 0.1) is 11.6 Å². The van der Waals surface area contributed by atoms with Crippen LogP contribution >= 0.6 is 0 Å². The summed E-state index contributed by atoms with van der Waals surface area (Å²) in [7, 11) is 0. The molecule has 1 aromatic rings. The van der Waals surface area contributed by atoms with Gasteiger partial charge in [0, 0.05) is 0 Å². The molecule has 0 spiro atoms. The van der Waals surface area contributed by atoms with Crippen LogP contribution in [0.4, 0.5) is 0 Å². The van der Waals surface area contributed by atoms with Gasteiger partial charge in [-0.1, -0.05) is 66.7 Å². The van der Waals surface area contributed by atoms with Crippen LogP contribution < -0.4 is 5.32 Å². The molecule has 2 heteroatoms. The molecule has 1 aromatic carbocycles. The van der Waals surface area contributed by atoms with Crippen molar-refractivity contribution in [3.05, 3.63) is 83.4 Å². The molecule has 0 aromatic heterocycles. The van der Waals surface area contributed by atoms with E-state index in [1.165, 1.54) is 0 Å². The van der Waals surface area contributed by atoms with Crippen LogP contribution in [0, 0.1) is 0 Å². The van der Waals surface area contributed by atoms with Gasteiger partial charge < -0.3 is 5.32 Å². The smallest absolute Gasteiger partial charge is 0.252 e. The summed E-state index contributed by atoms with van der Waals surface area (Å²) in [6.07, 6.45) is 0.851. The van der Waals surface area contributed by atoms with E-state index in [2.05, 4.69) is 29.6 Å². The highest BCUT2D eigenvalue weighted by molar-refractivity contribution is 6.05. The van der Waals surface area contributed by atoms with Gasteiger partial charge in [-0.3, -0.25) is 4.79 Å². The van der Waals surface area contributed by atoms with E-state index in [1.807, 2.05) is 42.5 Å². The van der Waals surface area contributed by atoms with Gasteiger partial charge in [-0.15, -0.1) is 0 Å². The number of nitrogens with one attached hydrogen (secondary N) is 1. The number of carbonyl (C=O) groups excluding carboxylic acids is 1. The number of fused-ring (bicyclic) bond motifs is 3. The highest BCUT2D eigenvalue weighted by atomic mass is 16.1. The normalized spacial score (nSPS) is 17.3. The molecule has 21 heavy (non-hydrogen) atoms.